The molecule has 4 nitrogen and oxygen atoms in total. The van der Waals surface area contributed by atoms with E-state index in [0.717, 1.165) is 19.3 Å². The van der Waals surface area contributed by atoms with Crippen molar-refractivity contribution in [3.05, 3.63) is 0 Å². The average Bonchev–Trinajstić information content (AvgIpc) is 2.26. The van der Waals surface area contributed by atoms with Gasteiger partial charge in [-0.3, -0.25) is 10.1 Å². The van der Waals surface area contributed by atoms with Crippen LogP contribution in [0.1, 0.15) is 60.3 Å². The van der Waals surface area contributed by atoms with Gasteiger partial charge < -0.3 is 10.4 Å². The monoisotopic (exact) mass is 270 g/mol. The Balaban J connectivity index is 2.62. The van der Waals surface area contributed by atoms with Crippen molar-refractivity contribution < 1.29 is 9.90 Å². The number of rotatable bonds is 4. The van der Waals surface area contributed by atoms with Crippen molar-refractivity contribution in [2.75, 3.05) is 6.61 Å². The molecule has 0 spiro atoms. The van der Waals surface area contributed by atoms with E-state index in [2.05, 4.69) is 17.6 Å². The molecule has 3 unspecified atom stereocenters. The SMILES string of the molecule is CC1CCCC(CO)(NC(C)C(=O)NC(C)(C)C)C1. The average molecular weight is 270 g/mol. The van der Waals surface area contributed by atoms with Gasteiger partial charge in [0, 0.05) is 11.1 Å². The summed E-state index contributed by atoms with van der Waals surface area (Å²) >= 11 is 0. The summed E-state index contributed by atoms with van der Waals surface area (Å²) in [4.78, 5) is 12.1. The molecule has 0 radical (unpaired) electrons. The largest absolute Gasteiger partial charge is 0.394 e. The molecule has 0 saturated heterocycles. The maximum Gasteiger partial charge on any atom is 0.237 e. The van der Waals surface area contributed by atoms with Crippen LogP contribution in [0.25, 0.3) is 0 Å². The van der Waals surface area contributed by atoms with Crippen molar-refractivity contribution in [2.45, 2.75) is 77.4 Å². The lowest BCUT2D eigenvalue weighted by molar-refractivity contribution is -0.125. The van der Waals surface area contributed by atoms with Crippen molar-refractivity contribution >= 4 is 5.91 Å². The summed E-state index contributed by atoms with van der Waals surface area (Å²) in [6.45, 7) is 10.1. The van der Waals surface area contributed by atoms with E-state index in [1.165, 1.54) is 6.42 Å². The Morgan fingerprint density at radius 1 is 1.47 bits per heavy atom. The molecule has 1 saturated carbocycles. The molecule has 0 heterocycles. The number of carbonyl (C=O) groups excluding carboxylic acids is 1. The van der Waals surface area contributed by atoms with E-state index < -0.39 is 0 Å². The summed E-state index contributed by atoms with van der Waals surface area (Å²) < 4.78 is 0. The van der Waals surface area contributed by atoms with Gasteiger partial charge in [-0.15, -0.1) is 0 Å². The third-order valence-corrected chi connectivity index (χ3v) is 3.81. The molecule has 3 N–H and O–H groups in total. The van der Waals surface area contributed by atoms with E-state index in [-0.39, 0.29) is 29.6 Å². The molecule has 0 aromatic heterocycles. The predicted molar refractivity (Wildman–Crippen MR) is 77.9 cm³/mol. The summed E-state index contributed by atoms with van der Waals surface area (Å²) in [5.41, 5.74) is -0.508. The van der Waals surface area contributed by atoms with Crippen LogP contribution in [0.5, 0.6) is 0 Å². The summed E-state index contributed by atoms with van der Waals surface area (Å²) in [6, 6.07) is -0.281. The van der Waals surface area contributed by atoms with Gasteiger partial charge in [-0.1, -0.05) is 19.8 Å². The molecule has 0 bridgehead atoms. The highest BCUT2D eigenvalue weighted by atomic mass is 16.3. The van der Waals surface area contributed by atoms with Crippen LogP contribution in [-0.4, -0.2) is 34.7 Å². The highest BCUT2D eigenvalue weighted by Crippen LogP contribution is 2.32. The van der Waals surface area contributed by atoms with Gasteiger partial charge in [0.2, 0.25) is 5.91 Å². The Kier molecular flexibility index (Phi) is 5.39. The molecule has 112 valence electrons. The van der Waals surface area contributed by atoms with Gasteiger partial charge in [-0.05, 0) is 46.5 Å². The van der Waals surface area contributed by atoms with Crippen molar-refractivity contribution in [3.8, 4) is 0 Å². The first-order valence-electron chi connectivity index (χ1n) is 7.38. The number of aliphatic hydroxyl groups is 1. The van der Waals surface area contributed by atoms with Crippen LogP contribution in [0.2, 0.25) is 0 Å². The zero-order chi connectivity index (χ0) is 14.7. The van der Waals surface area contributed by atoms with Crippen LogP contribution in [0.4, 0.5) is 0 Å². The van der Waals surface area contributed by atoms with Gasteiger partial charge in [-0.2, -0.15) is 0 Å². The van der Waals surface area contributed by atoms with Crippen LogP contribution >= 0.6 is 0 Å². The molecule has 0 aromatic rings. The van der Waals surface area contributed by atoms with Crippen LogP contribution in [0.15, 0.2) is 0 Å². The Bertz CT molecular complexity index is 312. The van der Waals surface area contributed by atoms with Gasteiger partial charge in [0.15, 0.2) is 0 Å². The normalized spacial score (nSPS) is 29.9. The van der Waals surface area contributed by atoms with Gasteiger partial charge in [0.25, 0.3) is 0 Å². The number of aliphatic hydroxyl groups excluding tert-OH is 1. The molecule has 1 aliphatic carbocycles. The van der Waals surface area contributed by atoms with E-state index in [1.807, 2.05) is 27.7 Å². The predicted octanol–water partition coefficient (Wildman–Crippen LogP) is 1.82. The third-order valence-electron chi connectivity index (χ3n) is 3.81. The first-order valence-corrected chi connectivity index (χ1v) is 7.38. The van der Waals surface area contributed by atoms with Crippen molar-refractivity contribution in [1.82, 2.24) is 10.6 Å². The standard InChI is InChI=1S/C15H30N2O2/c1-11-7-6-8-15(9-11,10-18)16-12(2)13(19)17-14(3,4)5/h11-12,16,18H,6-10H2,1-5H3,(H,17,19). The smallest absolute Gasteiger partial charge is 0.237 e. The lowest BCUT2D eigenvalue weighted by Crippen LogP contribution is -2.59. The fourth-order valence-corrected chi connectivity index (χ4v) is 2.98. The highest BCUT2D eigenvalue weighted by Gasteiger charge is 2.36. The minimum absolute atomic E-state index is 0.00134. The molecule has 0 aromatic carbocycles. The molecule has 1 fully saturated rings. The van der Waals surface area contributed by atoms with E-state index in [1.54, 1.807) is 0 Å². The number of amides is 1. The molecule has 3 atom stereocenters. The van der Waals surface area contributed by atoms with E-state index in [9.17, 15) is 9.90 Å². The van der Waals surface area contributed by atoms with Crippen molar-refractivity contribution in [3.63, 3.8) is 0 Å². The van der Waals surface area contributed by atoms with E-state index in [4.69, 9.17) is 0 Å². The Labute approximate surface area is 117 Å². The second-order valence-corrected chi connectivity index (χ2v) is 7.25. The van der Waals surface area contributed by atoms with Crippen LogP contribution < -0.4 is 10.6 Å². The Morgan fingerprint density at radius 2 is 2.11 bits per heavy atom. The van der Waals surface area contributed by atoms with Crippen LogP contribution in [0, 0.1) is 5.92 Å². The van der Waals surface area contributed by atoms with Crippen molar-refractivity contribution in [2.24, 2.45) is 5.92 Å². The van der Waals surface area contributed by atoms with Crippen LogP contribution in [-0.2, 0) is 4.79 Å². The lowest BCUT2D eigenvalue weighted by atomic mass is 9.76. The minimum Gasteiger partial charge on any atom is -0.394 e. The van der Waals surface area contributed by atoms with E-state index in [0.29, 0.717) is 5.92 Å². The summed E-state index contributed by atoms with van der Waals surface area (Å²) in [5, 5.41) is 16.1. The maximum absolute atomic E-state index is 12.1. The molecule has 0 aliphatic heterocycles. The first kappa shape index (κ1) is 16.4. The quantitative estimate of drug-likeness (QED) is 0.730. The molecule has 1 rings (SSSR count). The fraction of sp³-hybridized carbons (Fsp3) is 0.933. The summed E-state index contributed by atoms with van der Waals surface area (Å²) in [7, 11) is 0. The number of hydrogen-bond donors (Lipinski definition) is 3. The minimum atomic E-state index is -0.285. The van der Waals surface area contributed by atoms with Gasteiger partial charge in [0.1, 0.15) is 0 Å². The number of nitrogens with one attached hydrogen (secondary N) is 2. The molecule has 1 amide bonds. The summed E-state index contributed by atoms with van der Waals surface area (Å²) in [6.07, 6.45) is 4.21. The second kappa shape index (κ2) is 6.23. The van der Waals surface area contributed by atoms with E-state index >= 15 is 0 Å². The zero-order valence-corrected chi connectivity index (χ0v) is 13.0. The topological polar surface area (TPSA) is 61.4 Å². The first-order chi connectivity index (χ1) is 8.67. The van der Waals surface area contributed by atoms with Crippen LogP contribution in [0.3, 0.4) is 0 Å². The summed E-state index contributed by atoms with van der Waals surface area (Å²) in [5.74, 6) is 0.602. The molecule has 4 heteroatoms. The highest BCUT2D eigenvalue weighted by molar-refractivity contribution is 5.82. The Hall–Kier alpha value is -0.610. The van der Waals surface area contributed by atoms with Gasteiger partial charge in [-0.25, -0.2) is 0 Å². The molecular weight excluding hydrogens is 240 g/mol. The fourth-order valence-electron chi connectivity index (χ4n) is 2.98. The third kappa shape index (κ3) is 5.11. The Morgan fingerprint density at radius 3 is 2.58 bits per heavy atom. The second-order valence-electron chi connectivity index (χ2n) is 7.25. The molecular formula is C15H30N2O2. The molecule has 1 aliphatic rings. The lowest BCUT2D eigenvalue weighted by Gasteiger charge is -2.41. The van der Waals surface area contributed by atoms with Crippen molar-refractivity contribution in [1.29, 1.82) is 0 Å². The van der Waals surface area contributed by atoms with Gasteiger partial charge >= 0.3 is 0 Å². The number of hydrogen-bond acceptors (Lipinski definition) is 3. The van der Waals surface area contributed by atoms with Gasteiger partial charge in [0.05, 0.1) is 12.6 Å². The maximum atomic E-state index is 12.1. The number of carbonyl (C=O) groups is 1. The molecule has 19 heavy (non-hydrogen) atoms. The zero-order valence-electron chi connectivity index (χ0n) is 13.0.